The van der Waals surface area contributed by atoms with E-state index in [1.54, 1.807) is 0 Å². The molecule has 40 heavy (non-hydrogen) atoms. The first-order valence-corrected chi connectivity index (χ1v) is 20.4. The molecule has 0 unspecified atom stereocenters. The van der Waals surface area contributed by atoms with Crippen LogP contribution in [0.4, 0.5) is 0 Å². The fraction of sp³-hybridized carbons (Fsp3) is 0.938. The van der Waals surface area contributed by atoms with Gasteiger partial charge in [-0.2, -0.15) is 0 Å². The van der Waals surface area contributed by atoms with Gasteiger partial charge in [-0.05, 0) is 0 Å². The first-order chi connectivity index (χ1) is 19.3. The van der Waals surface area contributed by atoms with Crippen LogP contribution in [0.5, 0.6) is 0 Å². The monoisotopic (exact) mass is 634 g/mol. The number of hydrogen-bond donors (Lipinski definition) is 2. The Balaban J connectivity index is 4.01. The molecule has 0 bridgehead atoms. The molecule has 0 aromatic carbocycles. The molecular formula is C32H63AsO7. The average Bonchev–Trinajstić information content (AvgIpc) is 2.91. The molecule has 0 saturated heterocycles. The molecule has 0 amide bonds. The number of esters is 2. The summed E-state index contributed by atoms with van der Waals surface area (Å²) in [6, 6.07) is 0. The molecule has 0 spiro atoms. The van der Waals surface area contributed by atoms with Gasteiger partial charge in [0.05, 0.1) is 0 Å². The normalized spacial score (nSPS) is 12.4. The molecule has 0 aromatic heterocycles. The quantitative estimate of drug-likeness (QED) is 0.0463. The molecule has 238 valence electrons. The van der Waals surface area contributed by atoms with Crippen molar-refractivity contribution >= 4 is 26.1 Å². The summed E-state index contributed by atoms with van der Waals surface area (Å²) < 4.78 is 40.7. The van der Waals surface area contributed by atoms with Crippen LogP contribution in [0.1, 0.15) is 174 Å². The molecule has 0 saturated carbocycles. The molecule has 0 fully saturated rings. The number of ether oxygens (including phenoxy) is 2. The fourth-order valence-electron chi connectivity index (χ4n) is 4.86. The van der Waals surface area contributed by atoms with Gasteiger partial charge in [0.15, 0.2) is 0 Å². The van der Waals surface area contributed by atoms with Crippen LogP contribution in [0, 0.1) is 0 Å². The molecular weight excluding hydrogens is 571 g/mol. The van der Waals surface area contributed by atoms with Crippen LogP contribution in [0.15, 0.2) is 0 Å². The summed E-state index contributed by atoms with van der Waals surface area (Å²) in [5.74, 6) is -0.732. The molecule has 7 nitrogen and oxygen atoms in total. The first kappa shape index (κ1) is 39.2. The minimum atomic E-state index is -4.85. The van der Waals surface area contributed by atoms with Crippen molar-refractivity contribution in [1.82, 2.24) is 0 Å². The van der Waals surface area contributed by atoms with E-state index in [2.05, 4.69) is 13.8 Å². The van der Waals surface area contributed by atoms with Gasteiger partial charge in [-0.25, -0.2) is 0 Å². The Morgan fingerprint density at radius 2 is 0.925 bits per heavy atom. The second-order valence-electron chi connectivity index (χ2n) is 11.5. The van der Waals surface area contributed by atoms with E-state index in [1.807, 2.05) is 0 Å². The van der Waals surface area contributed by atoms with Gasteiger partial charge >= 0.3 is 165 Å². The predicted molar refractivity (Wildman–Crippen MR) is 163 cm³/mol. The van der Waals surface area contributed by atoms with Crippen LogP contribution in [-0.4, -0.2) is 47.0 Å². The van der Waals surface area contributed by atoms with Crippen molar-refractivity contribution in [3.05, 3.63) is 0 Å². The third kappa shape index (κ3) is 30.2. The SMILES string of the molecule is CCCCCCCCCCCCCC(=O)OC[C@@H](CC[As](=O)(O)O)OC(=O)CCCCCCCCCCCCC. The van der Waals surface area contributed by atoms with Crippen molar-refractivity contribution in [3.63, 3.8) is 0 Å². The van der Waals surface area contributed by atoms with E-state index >= 15 is 0 Å². The summed E-state index contributed by atoms with van der Waals surface area (Å²) in [6.45, 7) is 4.32. The Kier molecular flexibility index (Phi) is 27.8. The fourth-order valence-corrected chi connectivity index (χ4v) is 6.17. The van der Waals surface area contributed by atoms with Gasteiger partial charge in [-0.1, -0.05) is 84.5 Å². The summed E-state index contributed by atoms with van der Waals surface area (Å²) in [6.07, 6.45) is 26.1. The van der Waals surface area contributed by atoms with Crippen molar-refractivity contribution < 1.29 is 31.0 Å². The topological polar surface area (TPSA) is 110 Å². The second-order valence-corrected chi connectivity index (χ2v) is 15.3. The van der Waals surface area contributed by atoms with Gasteiger partial charge in [0.25, 0.3) is 0 Å². The number of hydrogen-bond acceptors (Lipinski definition) is 5. The molecule has 0 aliphatic carbocycles. The van der Waals surface area contributed by atoms with Gasteiger partial charge in [-0.3, -0.25) is 0 Å². The third-order valence-corrected chi connectivity index (χ3v) is 9.20. The maximum atomic E-state index is 12.3. The predicted octanol–water partition coefficient (Wildman–Crippen LogP) is 8.59. The van der Waals surface area contributed by atoms with E-state index < -0.39 is 20.3 Å². The molecule has 0 aromatic rings. The molecule has 0 aliphatic rings. The molecule has 8 heteroatoms. The van der Waals surface area contributed by atoms with E-state index in [1.165, 1.54) is 103 Å². The Labute approximate surface area is 248 Å². The van der Waals surface area contributed by atoms with Crippen LogP contribution in [0.2, 0.25) is 5.21 Å². The van der Waals surface area contributed by atoms with Crippen molar-refractivity contribution in [2.75, 3.05) is 6.61 Å². The summed E-state index contributed by atoms with van der Waals surface area (Å²) >= 11 is -4.85. The van der Waals surface area contributed by atoms with E-state index in [0.29, 0.717) is 6.42 Å². The van der Waals surface area contributed by atoms with Crippen molar-refractivity contribution in [2.24, 2.45) is 0 Å². The van der Waals surface area contributed by atoms with Crippen molar-refractivity contribution in [3.8, 4) is 0 Å². The van der Waals surface area contributed by atoms with E-state index in [-0.39, 0.29) is 36.6 Å². The van der Waals surface area contributed by atoms with Crippen LogP contribution < -0.4 is 0 Å². The van der Waals surface area contributed by atoms with Crippen LogP contribution in [0.3, 0.4) is 0 Å². The summed E-state index contributed by atoms with van der Waals surface area (Å²) in [5, 5.41) is -0.342. The van der Waals surface area contributed by atoms with Gasteiger partial charge in [0.1, 0.15) is 0 Å². The summed E-state index contributed by atoms with van der Waals surface area (Å²) in [4.78, 5) is 24.5. The molecule has 0 radical (unpaired) electrons. The van der Waals surface area contributed by atoms with Gasteiger partial charge in [0.2, 0.25) is 0 Å². The second kappa shape index (κ2) is 28.3. The summed E-state index contributed by atoms with van der Waals surface area (Å²) in [7, 11) is 0. The first-order valence-electron chi connectivity index (χ1n) is 16.7. The zero-order valence-corrected chi connectivity index (χ0v) is 27.9. The Morgan fingerprint density at radius 1 is 0.575 bits per heavy atom. The third-order valence-electron chi connectivity index (χ3n) is 7.44. The smallest absolute Gasteiger partial charge is 0.0654 e. The zero-order chi connectivity index (χ0) is 29.7. The minimum Gasteiger partial charge on any atom is -0.0654 e. The number of carbonyl (C=O) groups is 2. The Bertz CT molecular complexity index is 635. The minimum absolute atomic E-state index is 0.000773. The van der Waals surface area contributed by atoms with Gasteiger partial charge < -0.3 is 0 Å². The zero-order valence-electron chi connectivity index (χ0n) is 26.1. The van der Waals surface area contributed by atoms with E-state index in [4.69, 9.17) is 9.47 Å². The van der Waals surface area contributed by atoms with Gasteiger partial charge in [-0.15, -0.1) is 0 Å². The maximum absolute atomic E-state index is 12.3. The molecule has 0 heterocycles. The summed E-state index contributed by atoms with van der Waals surface area (Å²) in [5.41, 5.74) is 0. The molecule has 0 rings (SSSR count). The van der Waals surface area contributed by atoms with E-state index in [9.17, 15) is 21.5 Å². The Hall–Kier alpha value is -0.782. The molecule has 0 aliphatic heterocycles. The van der Waals surface area contributed by atoms with Gasteiger partial charge in [0, 0.05) is 0 Å². The van der Waals surface area contributed by atoms with Crippen molar-refractivity contribution in [2.45, 2.75) is 186 Å². The van der Waals surface area contributed by atoms with Crippen LogP contribution in [0.25, 0.3) is 0 Å². The molecule has 1 atom stereocenters. The number of carbonyl (C=O) groups excluding carboxylic acids is 2. The number of unbranched alkanes of at least 4 members (excludes halogenated alkanes) is 20. The Morgan fingerprint density at radius 3 is 1.30 bits per heavy atom. The van der Waals surface area contributed by atoms with Crippen molar-refractivity contribution in [1.29, 1.82) is 0 Å². The average molecular weight is 635 g/mol. The van der Waals surface area contributed by atoms with E-state index in [0.717, 1.165) is 38.5 Å². The standard InChI is InChI=1S/C32H63AsO7/c1-3-5-7-9-11-13-15-17-19-21-23-25-31(34)39-29-30(27-28-33(36,37)38)40-32(35)26-24-22-20-18-16-14-12-10-8-6-4-2/h30H,3-29H2,1-2H3,(H2,36,37,38)/t30-/m1/s1. The molecule has 2 N–H and O–H groups in total. The van der Waals surface area contributed by atoms with Crippen LogP contribution in [-0.2, 0) is 22.8 Å². The van der Waals surface area contributed by atoms with Crippen LogP contribution >= 0.6 is 0 Å². The number of rotatable bonds is 30.